The Morgan fingerprint density at radius 1 is 1.28 bits per heavy atom. The van der Waals surface area contributed by atoms with Gasteiger partial charge in [-0.15, -0.1) is 0 Å². The van der Waals surface area contributed by atoms with Gasteiger partial charge in [0.25, 0.3) is 0 Å². The number of nitrogens with zero attached hydrogens (tertiary/aromatic N) is 3. The number of likely N-dealkylation sites (N-methyl/N-ethyl adjacent to an activating group) is 1. The molecule has 1 atom stereocenters. The molecule has 0 radical (unpaired) electrons. The molecule has 1 unspecified atom stereocenters. The van der Waals surface area contributed by atoms with Gasteiger partial charge < -0.3 is 5.32 Å². The first-order valence-corrected chi connectivity index (χ1v) is 7.16. The molecule has 0 aliphatic carbocycles. The monoisotopic (exact) mass is 252 g/mol. The lowest BCUT2D eigenvalue weighted by atomic mass is 9.92. The van der Waals surface area contributed by atoms with Gasteiger partial charge in [0, 0.05) is 19.0 Å². The van der Waals surface area contributed by atoms with E-state index in [0.717, 1.165) is 18.8 Å². The number of hydrogen-bond donors (Lipinski definition) is 1. The molecule has 0 fully saturated rings. The molecule has 0 saturated heterocycles. The summed E-state index contributed by atoms with van der Waals surface area (Å²) in [6.45, 7) is 9.90. The molecule has 0 amide bonds. The predicted molar refractivity (Wildman–Crippen MR) is 75.5 cm³/mol. The van der Waals surface area contributed by atoms with E-state index in [1.807, 2.05) is 7.05 Å². The van der Waals surface area contributed by atoms with Crippen LogP contribution in [0.15, 0.2) is 6.33 Å². The number of rotatable bonds is 8. The predicted octanol–water partition coefficient (Wildman–Crippen LogP) is 2.50. The highest BCUT2D eigenvalue weighted by molar-refractivity contribution is 4.91. The summed E-state index contributed by atoms with van der Waals surface area (Å²) in [6, 6.07) is 0.495. The van der Waals surface area contributed by atoms with Crippen molar-refractivity contribution in [3.8, 4) is 0 Å². The van der Waals surface area contributed by atoms with Crippen molar-refractivity contribution in [3.63, 3.8) is 0 Å². The van der Waals surface area contributed by atoms with Gasteiger partial charge in [-0.05, 0) is 18.9 Å². The lowest BCUT2D eigenvalue weighted by Crippen LogP contribution is -2.36. The molecule has 0 spiro atoms. The number of aromatic nitrogens is 3. The van der Waals surface area contributed by atoms with E-state index in [1.165, 1.54) is 12.8 Å². The third-order valence-electron chi connectivity index (χ3n) is 3.62. The Balaban J connectivity index is 2.72. The highest BCUT2D eigenvalue weighted by atomic mass is 15.3. The standard InChI is InChI=1S/C14H28N4/c1-6-12(7-2)13(15-5)8-14-16-10-17-18(14)9-11(3)4/h10-13,15H,6-9H2,1-5H3. The first kappa shape index (κ1) is 15.2. The van der Waals surface area contributed by atoms with Crippen LogP contribution in [0.25, 0.3) is 0 Å². The topological polar surface area (TPSA) is 42.7 Å². The molecule has 0 aromatic carbocycles. The molecule has 1 N–H and O–H groups in total. The Kier molecular flexibility index (Phi) is 6.33. The van der Waals surface area contributed by atoms with Crippen LogP contribution >= 0.6 is 0 Å². The smallest absolute Gasteiger partial charge is 0.138 e. The second kappa shape index (κ2) is 7.52. The van der Waals surface area contributed by atoms with Crippen molar-refractivity contribution in [3.05, 3.63) is 12.2 Å². The van der Waals surface area contributed by atoms with E-state index in [-0.39, 0.29) is 0 Å². The van der Waals surface area contributed by atoms with Gasteiger partial charge in [-0.1, -0.05) is 40.5 Å². The minimum Gasteiger partial charge on any atom is -0.316 e. The summed E-state index contributed by atoms with van der Waals surface area (Å²) in [4.78, 5) is 4.42. The van der Waals surface area contributed by atoms with Crippen LogP contribution in [-0.2, 0) is 13.0 Å². The highest BCUT2D eigenvalue weighted by Crippen LogP contribution is 2.16. The van der Waals surface area contributed by atoms with Crippen LogP contribution in [0.5, 0.6) is 0 Å². The molecular formula is C14H28N4. The second-order valence-electron chi connectivity index (χ2n) is 5.43. The summed E-state index contributed by atoms with van der Waals surface area (Å²) in [6.07, 6.45) is 5.06. The highest BCUT2D eigenvalue weighted by Gasteiger charge is 2.19. The van der Waals surface area contributed by atoms with E-state index in [0.29, 0.717) is 17.9 Å². The van der Waals surface area contributed by atoms with Crippen molar-refractivity contribution in [2.75, 3.05) is 7.05 Å². The van der Waals surface area contributed by atoms with Crippen LogP contribution in [0.2, 0.25) is 0 Å². The average Bonchev–Trinajstić information content (AvgIpc) is 2.75. The molecule has 104 valence electrons. The van der Waals surface area contributed by atoms with E-state index < -0.39 is 0 Å². The second-order valence-corrected chi connectivity index (χ2v) is 5.43. The number of nitrogens with one attached hydrogen (secondary N) is 1. The van der Waals surface area contributed by atoms with Gasteiger partial charge in [-0.25, -0.2) is 9.67 Å². The largest absolute Gasteiger partial charge is 0.316 e. The van der Waals surface area contributed by atoms with Crippen molar-refractivity contribution in [1.29, 1.82) is 0 Å². The van der Waals surface area contributed by atoms with Crippen LogP contribution in [0, 0.1) is 11.8 Å². The van der Waals surface area contributed by atoms with Crippen LogP contribution in [0.4, 0.5) is 0 Å². The Morgan fingerprint density at radius 2 is 1.94 bits per heavy atom. The van der Waals surface area contributed by atoms with Gasteiger partial charge in [0.2, 0.25) is 0 Å². The summed E-state index contributed by atoms with van der Waals surface area (Å²) in [7, 11) is 2.05. The maximum Gasteiger partial charge on any atom is 0.138 e. The maximum atomic E-state index is 4.42. The molecule has 1 rings (SSSR count). The fraction of sp³-hybridized carbons (Fsp3) is 0.857. The molecule has 1 aromatic rings. The molecule has 0 saturated carbocycles. The lowest BCUT2D eigenvalue weighted by molar-refractivity contribution is 0.337. The summed E-state index contributed by atoms with van der Waals surface area (Å²) >= 11 is 0. The Morgan fingerprint density at radius 3 is 2.44 bits per heavy atom. The van der Waals surface area contributed by atoms with Crippen molar-refractivity contribution < 1.29 is 0 Å². The molecule has 1 heterocycles. The quantitative estimate of drug-likeness (QED) is 0.773. The van der Waals surface area contributed by atoms with Gasteiger partial charge in [0.05, 0.1) is 0 Å². The zero-order chi connectivity index (χ0) is 13.5. The van der Waals surface area contributed by atoms with Crippen LogP contribution < -0.4 is 5.32 Å². The molecule has 4 nitrogen and oxygen atoms in total. The van der Waals surface area contributed by atoms with Gasteiger partial charge in [-0.2, -0.15) is 5.10 Å². The first-order valence-electron chi connectivity index (χ1n) is 7.16. The molecule has 4 heteroatoms. The van der Waals surface area contributed by atoms with Crippen LogP contribution in [-0.4, -0.2) is 27.9 Å². The van der Waals surface area contributed by atoms with E-state index in [4.69, 9.17) is 0 Å². The minimum absolute atomic E-state index is 0.495. The average molecular weight is 252 g/mol. The van der Waals surface area contributed by atoms with E-state index >= 15 is 0 Å². The maximum absolute atomic E-state index is 4.42. The lowest BCUT2D eigenvalue weighted by Gasteiger charge is -2.24. The molecular weight excluding hydrogens is 224 g/mol. The van der Waals surface area contributed by atoms with E-state index in [2.05, 4.69) is 47.8 Å². The van der Waals surface area contributed by atoms with Gasteiger partial charge >= 0.3 is 0 Å². The van der Waals surface area contributed by atoms with Gasteiger partial charge in [-0.3, -0.25) is 0 Å². The van der Waals surface area contributed by atoms with Crippen LogP contribution in [0.3, 0.4) is 0 Å². The zero-order valence-corrected chi connectivity index (χ0v) is 12.5. The summed E-state index contributed by atoms with van der Waals surface area (Å²) in [5, 5.41) is 7.77. The van der Waals surface area contributed by atoms with Crippen molar-refractivity contribution in [2.24, 2.45) is 11.8 Å². The van der Waals surface area contributed by atoms with Crippen molar-refractivity contribution >= 4 is 0 Å². The zero-order valence-electron chi connectivity index (χ0n) is 12.5. The minimum atomic E-state index is 0.495. The Bertz CT molecular complexity index is 328. The van der Waals surface area contributed by atoms with Crippen molar-refractivity contribution in [2.45, 2.75) is 59.5 Å². The van der Waals surface area contributed by atoms with Crippen molar-refractivity contribution in [1.82, 2.24) is 20.1 Å². The fourth-order valence-electron chi connectivity index (χ4n) is 2.50. The molecule has 0 bridgehead atoms. The molecule has 1 aromatic heterocycles. The van der Waals surface area contributed by atoms with E-state index in [9.17, 15) is 0 Å². The molecule has 0 aliphatic rings. The number of hydrogen-bond acceptors (Lipinski definition) is 3. The van der Waals surface area contributed by atoms with Crippen LogP contribution in [0.1, 0.15) is 46.4 Å². The third kappa shape index (κ3) is 4.09. The Labute approximate surface area is 111 Å². The molecule has 0 aliphatic heterocycles. The summed E-state index contributed by atoms with van der Waals surface area (Å²) < 4.78 is 2.05. The van der Waals surface area contributed by atoms with Gasteiger partial charge in [0.15, 0.2) is 0 Å². The van der Waals surface area contributed by atoms with E-state index in [1.54, 1.807) is 6.33 Å². The molecule has 18 heavy (non-hydrogen) atoms. The van der Waals surface area contributed by atoms with Gasteiger partial charge in [0.1, 0.15) is 12.2 Å². The normalized spacial score (nSPS) is 13.5. The summed E-state index contributed by atoms with van der Waals surface area (Å²) in [5.74, 6) is 2.42. The third-order valence-corrected chi connectivity index (χ3v) is 3.62. The fourth-order valence-corrected chi connectivity index (χ4v) is 2.50. The Hall–Kier alpha value is -0.900. The summed E-state index contributed by atoms with van der Waals surface area (Å²) in [5.41, 5.74) is 0. The first-order chi connectivity index (χ1) is 8.62. The SMILES string of the molecule is CCC(CC)C(Cc1ncnn1CC(C)C)NC.